The van der Waals surface area contributed by atoms with Gasteiger partial charge < -0.3 is 0 Å². The smallest absolute Gasteiger partial charge is 0.220 e. The molecular formula is C22H23N2+. The zero-order chi connectivity index (χ0) is 18.3. The molecule has 0 aliphatic rings. The molecule has 0 saturated carbocycles. The second-order valence-electron chi connectivity index (χ2n) is 6.73. The van der Waals surface area contributed by atoms with Crippen LogP contribution in [-0.2, 0) is 7.05 Å². The van der Waals surface area contributed by atoms with Gasteiger partial charge in [0, 0.05) is 6.07 Å². The Balaban J connectivity index is 2.44. The van der Waals surface area contributed by atoms with Crippen LogP contribution in [0.15, 0.2) is 42.6 Å². The van der Waals surface area contributed by atoms with Crippen LogP contribution in [-0.4, -0.2) is 0 Å². The number of hydrogen-bond acceptors (Lipinski definition) is 0. The highest BCUT2D eigenvalue weighted by molar-refractivity contribution is 5.95. The summed E-state index contributed by atoms with van der Waals surface area (Å²) in [6.07, 6.45) is 0.441. The van der Waals surface area contributed by atoms with Crippen molar-refractivity contribution in [1.29, 1.82) is 0 Å². The molecule has 0 fully saturated rings. The van der Waals surface area contributed by atoms with Crippen molar-refractivity contribution in [2.24, 2.45) is 7.05 Å². The number of aryl methyl sites for hydroxylation is 1. The van der Waals surface area contributed by atoms with Crippen LogP contribution in [0.1, 0.15) is 37.8 Å². The van der Waals surface area contributed by atoms with Crippen molar-refractivity contribution >= 4 is 16.5 Å². The maximum absolute atomic E-state index is 8.37. The monoisotopic (exact) mass is 316 g/mol. The Morgan fingerprint density at radius 3 is 2.54 bits per heavy atom. The van der Waals surface area contributed by atoms with E-state index >= 15 is 0 Å². The maximum Gasteiger partial charge on any atom is 0.220 e. The molecule has 2 heteroatoms. The molecule has 0 amide bonds. The van der Waals surface area contributed by atoms with Crippen LogP contribution in [0.4, 0.5) is 5.69 Å². The Morgan fingerprint density at radius 1 is 1.12 bits per heavy atom. The van der Waals surface area contributed by atoms with E-state index in [2.05, 4.69) is 44.7 Å². The van der Waals surface area contributed by atoms with Gasteiger partial charge in [-0.25, -0.2) is 9.41 Å². The molecule has 2 aromatic carbocycles. The van der Waals surface area contributed by atoms with Crippen molar-refractivity contribution < 1.29 is 5.94 Å². The predicted octanol–water partition coefficient (Wildman–Crippen LogP) is 5.62. The molecule has 0 aliphatic carbocycles. The van der Waals surface area contributed by atoms with Crippen molar-refractivity contribution in [2.45, 2.75) is 33.6 Å². The number of benzene rings is 2. The molecule has 0 saturated heterocycles. The zero-order valence-electron chi connectivity index (χ0n) is 15.9. The molecule has 1 aromatic heterocycles. The van der Waals surface area contributed by atoms with Crippen LogP contribution in [0.5, 0.6) is 0 Å². The molecule has 0 radical (unpaired) electrons. The van der Waals surface area contributed by atoms with Gasteiger partial charge in [0.1, 0.15) is 8.42 Å². The second-order valence-corrected chi connectivity index (χ2v) is 6.73. The zero-order valence-corrected chi connectivity index (χ0v) is 14.9. The minimum absolute atomic E-state index is 0.441. The first-order valence-electron chi connectivity index (χ1n) is 8.76. The van der Waals surface area contributed by atoms with Gasteiger partial charge >= 0.3 is 0 Å². The number of nitrogens with zero attached hydrogens (tertiary/aromatic N) is 2. The number of hydrogen-bond donors (Lipinski definition) is 0. The first-order valence-corrected chi connectivity index (χ1v) is 8.26. The van der Waals surface area contributed by atoms with Crippen molar-refractivity contribution in [3.63, 3.8) is 0 Å². The summed E-state index contributed by atoms with van der Waals surface area (Å²) in [5.74, 6) is 0.447. The average Bonchev–Trinajstić information content (AvgIpc) is 2.58. The standard InChI is InChI=1S/C22H23N2/c1-14(2)18-11-15(3)16(4)21(13-18)22-20-8-7-19(23-5)12-17(20)9-10-24(22)6/h7-14H,1-4,6H3/q+1/i10D. The molecule has 0 spiro atoms. The highest BCUT2D eigenvalue weighted by Crippen LogP contribution is 2.33. The molecule has 0 unspecified atom stereocenters. The van der Waals surface area contributed by atoms with E-state index in [1.165, 1.54) is 22.3 Å². The van der Waals surface area contributed by atoms with Gasteiger partial charge in [-0.05, 0) is 54.0 Å². The summed E-state index contributed by atoms with van der Waals surface area (Å²) in [6, 6.07) is 12.1. The summed E-state index contributed by atoms with van der Waals surface area (Å²) in [5.41, 5.74) is 6.63. The summed E-state index contributed by atoms with van der Waals surface area (Å²) in [7, 11) is 1.94. The van der Waals surface area contributed by atoms with Crippen LogP contribution in [0.3, 0.4) is 0 Å². The molecule has 0 bridgehead atoms. The van der Waals surface area contributed by atoms with Crippen LogP contribution in [0, 0.1) is 20.4 Å². The molecule has 3 aromatic rings. The summed E-state index contributed by atoms with van der Waals surface area (Å²) < 4.78 is 10.3. The fraction of sp³-hybridized carbons (Fsp3) is 0.273. The Morgan fingerprint density at radius 2 is 1.88 bits per heavy atom. The highest BCUT2D eigenvalue weighted by Gasteiger charge is 2.19. The lowest BCUT2D eigenvalue weighted by Crippen LogP contribution is -2.30. The van der Waals surface area contributed by atoms with Crippen molar-refractivity contribution in [1.82, 2.24) is 0 Å². The number of aromatic nitrogens is 1. The van der Waals surface area contributed by atoms with E-state index in [1.807, 2.05) is 35.9 Å². The summed E-state index contributed by atoms with van der Waals surface area (Å²) >= 11 is 0. The predicted molar refractivity (Wildman–Crippen MR) is 100 cm³/mol. The molecule has 1 heterocycles. The Labute approximate surface area is 145 Å². The van der Waals surface area contributed by atoms with Crippen molar-refractivity contribution in [3.05, 3.63) is 70.7 Å². The third-order valence-electron chi connectivity index (χ3n) is 4.78. The quantitative estimate of drug-likeness (QED) is 0.428. The van der Waals surface area contributed by atoms with Gasteiger partial charge in [0.25, 0.3) is 0 Å². The van der Waals surface area contributed by atoms with Gasteiger partial charge in [-0.1, -0.05) is 32.0 Å². The average molecular weight is 316 g/mol. The number of rotatable bonds is 2. The lowest BCUT2D eigenvalue weighted by Gasteiger charge is -2.14. The van der Waals surface area contributed by atoms with Crippen LogP contribution < -0.4 is 4.57 Å². The van der Waals surface area contributed by atoms with E-state index < -0.39 is 0 Å². The van der Waals surface area contributed by atoms with E-state index in [-0.39, 0.29) is 0 Å². The molecule has 24 heavy (non-hydrogen) atoms. The molecular weight excluding hydrogens is 292 g/mol. The van der Waals surface area contributed by atoms with Gasteiger partial charge in [0.05, 0.1) is 17.5 Å². The van der Waals surface area contributed by atoms with Gasteiger partial charge in [-0.2, -0.15) is 0 Å². The Hall–Kier alpha value is -2.66. The number of pyridine rings is 1. The van der Waals surface area contributed by atoms with Crippen molar-refractivity contribution in [2.75, 3.05) is 0 Å². The molecule has 0 N–H and O–H groups in total. The summed E-state index contributed by atoms with van der Waals surface area (Å²) in [5, 5.41) is 2.02. The molecule has 0 atom stereocenters. The fourth-order valence-electron chi connectivity index (χ4n) is 3.16. The minimum Gasteiger partial charge on any atom is -0.238 e. The van der Waals surface area contributed by atoms with E-state index in [1.54, 1.807) is 0 Å². The summed E-state index contributed by atoms with van der Waals surface area (Å²) in [6.45, 7) is 15.9. The topological polar surface area (TPSA) is 8.24 Å². The molecule has 0 aliphatic heterocycles. The first-order chi connectivity index (χ1) is 11.8. The van der Waals surface area contributed by atoms with E-state index in [0.29, 0.717) is 17.8 Å². The third kappa shape index (κ3) is 2.67. The molecule has 3 rings (SSSR count). The summed E-state index contributed by atoms with van der Waals surface area (Å²) in [4.78, 5) is 3.53. The number of fused-ring (bicyclic) bond motifs is 1. The molecule has 120 valence electrons. The second kappa shape index (κ2) is 6.09. The van der Waals surface area contributed by atoms with Gasteiger partial charge in [0.2, 0.25) is 5.69 Å². The van der Waals surface area contributed by atoms with Gasteiger partial charge in [-0.15, -0.1) is 0 Å². The van der Waals surface area contributed by atoms with E-state index in [0.717, 1.165) is 16.5 Å². The minimum atomic E-state index is 0.441. The van der Waals surface area contributed by atoms with Crippen LogP contribution in [0.2, 0.25) is 0 Å². The molecule has 2 nitrogen and oxygen atoms in total. The third-order valence-corrected chi connectivity index (χ3v) is 4.78. The van der Waals surface area contributed by atoms with E-state index in [9.17, 15) is 0 Å². The van der Waals surface area contributed by atoms with Crippen LogP contribution >= 0.6 is 0 Å². The Kier molecular flexibility index (Phi) is 3.78. The van der Waals surface area contributed by atoms with Crippen molar-refractivity contribution in [3.8, 4) is 11.3 Å². The van der Waals surface area contributed by atoms with E-state index in [4.69, 9.17) is 7.94 Å². The largest absolute Gasteiger partial charge is 0.238 e. The highest BCUT2D eigenvalue weighted by atomic mass is 14.9. The normalized spacial score (nSPS) is 11.6. The van der Waals surface area contributed by atoms with Gasteiger partial charge in [-0.3, -0.25) is 0 Å². The Bertz CT molecular complexity index is 1030. The van der Waals surface area contributed by atoms with Crippen LogP contribution in [0.25, 0.3) is 26.9 Å². The lowest BCUT2D eigenvalue weighted by molar-refractivity contribution is -0.659. The lowest BCUT2D eigenvalue weighted by atomic mass is 9.91. The first kappa shape index (κ1) is 14.9. The van der Waals surface area contributed by atoms with Gasteiger partial charge in [0.15, 0.2) is 11.9 Å². The fourth-order valence-corrected chi connectivity index (χ4v) is 3.16. The SMILES string of the molecule is [2H]c1cc2cc([N+]#[C-])ccc2c(-c2cc(C(C)C)cc(C)c2C)[n+]1C. The maximum atomic E-state index is 8.37.